The van der Waals surface area contributed by atoms with E-state index in [0.29, 0.717) is 53.4 Å². The number of carboxylic acids is 1. The van der Waals surface area contributed by atoms with E-state index in [0.717, 1.165) is 42.9 Å². The van der Waals surface area contributed by atoms with Gasteiger partial charge in [0.2, 0.25) is 0 Å². The number of carbonyl (C=O) groups is 3. The molecule has 4 aliphatic rings. The molecule has 256 valence electrons. The third-order valence-electron chi connectivity index (χ3n) is 10.9. The molecule has 1 aromatic heterocycles. The largest absolute Gasteiger partial charge is 0.496 e. The van der Waals surface area contributed by atoms with Crippen LogP contribution in [0.15, 0.2) is 60.7 Å². The Kier molecular flexibility index (Phi) is 8.56. The van der Waals surface area contributed by atoms with Crippen molar-refractivity contribution in [1.82, 2.24) is 25.3 Å². The molecule has 49 heavy (non-hydrogen) atoms. The van der Waals surface area contributed by atoms with Gasteiger partial charge in [-0.15, -0.1) is 0 Å². The molecule has 2 amide bonds. The Hall–Kier alpha value is -4.90. The number of benzene rings is 3. The molecule has 0 unspecified atom stereocenters. The summed E-state index contributed by atoms with van der Waals surface area (Å²) in [5.74, 6) is -0.797. The van der Waals surface area contributed by atoms with Crippen LogP contribution in [0.5, 0.6) is 11.5 Å². The molecule has 4 bridgehead atoms. The van der Waals surface area contributed by atoms with Gasteiger partial charge in [-0.25, -0.2) is 9.48 Å². The fourth-order valence-electron chi connectivity index (χ4n) is 8.94. The summed E-state index contributed by atoms with van der Waals surface area (Å²) in [5.41, 5.74) is -0.219. The van der Waals surface area contributed by atoms with E-state index in [2.05, 4.69) is 10.6 Å². The molecule has 0 aliphatic heterocycles. The van der Waals surface area contributed by atoms with Crippen LogP contribution >= 0.6 is 0 Å². The van der Waals surface area contributed by atoms with E-state index in [1.54, 1.807) is 22.9 Å². The van der Waals surface area contributed by atoms with Crippen LogP contribution in [0.4, 0.5) is 0 Å². The van der Waals surface area contributed by atoms with E-state index in [4.69, 9.17) is 14.6 Å². The summed E-state index contributed by atoms with van der Waals surface area (Å²) in [7, 11) is 6.88. The van der Waals surface area contributed by atoms with Gasteiger partial charge >= 0.3 is 5.97 Å². The number of nitrogens with one attached hydrogen (secondary N) is 2. The number of methoxy groups -OCH3 is 2. The summed E-state index contributed by atoms with van der Waals surface area (Å²) < 4.78 is 13.3. The van der Waals surface area contributed by atoms with Crippen molar-refractivity contribution in [3.8, 4) is 28.4 Å². The lowest BCUT2D eigenvalue weighted by molar-refractivity contribution is -0.163. The van der Waals surface area contributed by atoms with Gasteiger partial charge in [0.1, 0.15) is 17.0 Å². The smallest absolute Gasteiger partial charge is 0.330 e. The third kappa shape index (κ3) is 5.50. The number of amides is 2. The zero-order valence-electron chi connectivity index (χ0n) is 28.4. The molecule has 4 fully saturated rings. The monoisotopic (exact) mass is 665 g/mol. The zero-order chi connectivity index (χ0) is 34.4. The van der Waals surface area contributed by atoms with Gasteiger partial charge in [-0.1, -0.05) is 42.5 Å². The quantitative estimate of drug-likeness (QED) is 0.204. The van der Waals surface area contributed by atoms with Crippen molar-refractivity contribution in [3.63, 3.8) is 0 Å². The highest BCUT2D eigenvalue weighted by Crippen LogP contribution is 2.58. The Bertz CT molecular complexity index is 1880. The second-order valence-corrected chi connectivity index (χ2v) is 14.0. The van der Waals surface area contributed by atoms with E-state index >= 15 is 0 Å². The number of hydrogen-bond acceptors (Lipinski definition) is 7. The Morgan fingerprint density at radius 2 is 1.49 bits per heavy atom. The van der Waals surface area contributed by atoms with Crippen LogP contribution in [-0.2, 0) is 4.79 Å². The molecular formula is C38H43N5O6. The van der Waals surface area contributed by atoms with Crippen LogP contribution in [0, 0.1) is 23.7 Å². The van der Waals surface area contributed by atoms with E-state index in [9.17, 15) is 19.5 Å². The Morgan fingerprint density at radius 1 is 0.878 bits per heavy atom. The van der Waals surface area contributed by atoms with Crippen molar-refractivity contribution < 1.29 is 29.0 Å². The molecule has 0 spiro atoms. The van der Waals surface area contributed by atoms with Crippen LogP contribution in [-0.4, -0.2) is 84.5 Å². The number of carbonyl (C=O) groups excluding carboxylic acids is 2. The summed E-state index contributed by atoms with van der Waals surface area (Å²) in [6.07, 6.45) is 4.21. The first kappa shape index (κ1) is 32.6. The minimum atomic E-state index is -1.44. The molecule has 4 saturated carbocycles. The molecule has 11 nitrogen and oxygen atoms in total. The normalized spacial score (nSPS) is 23.9. The number of aliphatic carboxylic acids is 1. The average Bonchev–Trinajstić information content (AvgIpc) is 3.48. The van der Waals surface area contributed by atoms with Crippen molar-refractivity contribution in [2.75, 3.05) is 41.4 Å². The molecule has 0 saturated heterocycles. The van der Waals surface area contributed by atoms with Crippen LogP contribution < -0.4 is 20.1 Å². The molecule has 11 heteroatoms. The van der Waals surface area contributed by atoms with Gasteiger partial charge in [0, 0.05) is 18.5 Å². The maximum absolute atomic E-state index is 14.8. The van der Waals surface area contributed by atoms with Gasteiger partial charge in [0.05, 0.1) is 36.7 Å². The number of ether oxygens (including phenoxy) is 2. The lowest BCUT2D eigenvalue weighted by Gasteiger charge is -2.59. The highest BCUT2D eigenvalue weighted by atomic mass is 16.5. The number of fused-ring (bicyclic) bond motifs is 1. The number of rotatable bonds is 11. The van der Waals surface area contributed by atoms with Crippen molar-refractivity contribution in [2.24, 2.45) is 23.7 Å². The first-order valence-electron chi connectivity index (χ1n) is 17.0. The standard InChI is InChI=1S/C38H43N5O6/c1-42(2)16-15-39-35(44)32-33(36(45)40-38(37(46)47)25-18-22-17-23(20-25)21-26(38)19-22)41-43(28-12-7-10-24-9-5-6-11-27(24)28)34(32)31-29(48-3)13-8-14-30(31)49-4/h5-14,22-23,25-26H,15-21H2,1-4H3,(H,39,44)(H,40,45)(H,46,47). The fourth-order valence-corrected chi connectivity index (χ4v) is 8.94. The van der Waals surface area contributed by atoms with E-state index < -0.39 is 23.3 Å². The van der Waals surface area contributed by atoms with Gasteiger partial charge in [0.25, 0.3) is 11.8 Å². The van der Waals surface area contributed by atoms with Crippen molar-refractivity contribution in [3.05, 3.63) is 71.9 Å². The summed E-state index contributed by atoms with van der Waals surface area (Å²) in [6.45, 7) is 0.868. The van der Waals surface area contributed by atoms with Gasteiger partial charge in [-0.3, -0.25) is 9.59 Å². The van der Waals surface area contributed by atoms with Gasteiger partial charge in [-0.2, -0.15) is 5.10 Å². The summed E-state index contributed by atoms with van der Waals surface area (Å²) >= 11 is 0. The molecular weight excluding hydrogens is 622 g/mol. The van der Waals surface area contributed by atoms with Crippen molar-refractivity contribution in [2.45, 2.75) is 37.6 Å². The molecule has 4 aromatic rings. The van der Waals surface area contributed by atoms with Gasteiger partial charge in [-0.05, 0) is 93.5 Å². The van der Waals surface area contributed by atoms with Crippen LogP contribution in [0.2, 0.25) is 0 Å². The minimum absolute atomic E-state index is 0.0105. The van der Waals surface area contributed by atoms with Crippen LogP contribution in [0.25, 0.3) is 27.7 Å². The highest BCUT2D eigenvalue weighted by Gasteiger charge is 2.62. The second-order valence-electron chi connectivity index (χ2n) is 14.0. The number of likely N-dealkylation sites (N-methyl/N-ethyl adjacent to an activating group) is 1. The molecule has 4 aliphatic carbocycles. The van der Waals surface area contributed by atoms with Crippen molar-refractivity contribution in [1.29, 1.82) is 0 Å². The highest BCUT2D eigenvalue weighted by molar-refractivity contribution is 6.12. The first-order chi connectivity index (χ1) is 23.7. The maximum atomic E-state index is 14.8. The Morgan fingerprint density at radius 3 is 2.10 bits per heavy atom. The predicted molar refractivity (Wildman–Crippen MR) is 185 cm³/mol. The molecule has 0 radical (unpaired) electrons. The zero-order valence-corrected chi connectivity index (χ0v) is 28.4. The molecule has 0 atom stereocenters. The molecule has 1 heterocycles. The van der Waals surface area contributed by atoms with Gasteiger partial charge < -0.3 is 30.1 Å². The van der Waals surface area contributed by atoms with Gasteiger partial charge in [0.15, 0.2) is 5.69 Å². The topological polar surface area (TPSA) is 135 Å². The molecule has 8 rings (SSSR count). The Labute approximate surface area is 285 Å². The maximum Gasteiger partial charge on any atom is 0.330 e. The SMILES string of the molecule is COc1cccc(OC)c1-c1c(C(=O)NCCN(C)C)c(C(=O)NC2(C(=O)O)C3CC4CC(C3)CC2C4)nn1-c1cccc2ccccc12. The fraction of sp³-hybridized carbons (Fsp3) is 0.421. The third-order valence-corrected chi connectivity index (χ3v) is 10.9. The summed E-state index contributed by atoms with van der Waals surface area (Å²) in [5, 5.41) is 23.6. The van der Waals surface area contributed by atoms with E-state index in [1.165, 1.54) is 14.2 Å². The number of hydrogen-bond donors (Lipinski definition) is 3. The van der Waals surface area contributed by atoms with Crippen LogP contribution in [0.1, 0.15) is 53.0 Å². The minimum Gasteiger partial charge on any atom is -0.496 e. The van der Waals surface area contributed by atoms with E-state index in [-0.39, 0.29) is 23.1 Å². The summed E-state index contributed by atoms with van der Waals surface area (Å²) in [4.78, 5) is 44.4. The summed E-state index contributed by atoms with van der Waals surface area (Å²) in [6, 6.07) is 18.9. The number of carboxylic acid groups (broad SMARTS) is 1. The van der Waals surface area contributed by atoms with Crippen molar-refractivity contribution >= 4 is 28.6 Å². The number of nitrogens with zero attached hydrogens (tertiary/aromatic N) is 3. The molecule has 3 aromatic carbocycles. The first-order valence-corrected chi connectivity index (χ1v) is 17.0. The van der Waals surface area contributed by atoms with E-state index in [1.807, 2.05) is 61.5 Å². The van der Waals surface area contributed by atoms with Crippen LogP contribution in [0.3, 0.4) is 0 Å². The number of aromatic nitrogens is 2. The molecule has 3 N–H and O–H groups in total. The lowest BCUT2D eigenvalue weighted by atomic mass is 9.48. The predicted octanol–water partition coefficient (Wildman–Crippen LogP) is 5.01. The second kappa shape index (κ2) is 12.9. The Balaban J connectivity index is 1.47. The average molecular weight is 666 g/mol. The lowest BCUT2D eigenvalue weighted by Crippen LogP contribution is -2.70.